The highest BCUT2D eigenvalue weighted by Gasteiger charge is 2.37. The summed E-state index contributed by atoms with van der Waals surface area (Å²) in [5, 5.41) is 67.8. The number of benzene rings is 1. The standard InChI is InChI=1S/C48H76N10O17/c1-23(2)17-30(52-40(66)28(49)13-16-37(62)63)42(68)54-32(20-27-11-9-8-10-12-27)43(69)53-31(18-24(3)4)45(71)58-39(26(7)60)47(73)57-35(22-59)46(72)55-33(21-38(64)65)44(70)51-29(14-15-36(50)61)41(67)56-34(48(74)75)19-25(5)6/h8-12,23-26,28-35,39,59-60H,13-22,49H2,1-7H3,(H2,50,61)(H,51,70)(H,52,66)(H,53,69)(H,54,68)(H,55,72)(H,56,67)(H,57,73)(H,58,71)(H,62,63)(H,64,65)(H,74,75)/t26-,28+,29+,30+,31+,32+,33+,34+,35+,39+/m1/s1. The molecule has 0 fully saturated rings. The summed E-state index contributed by atoms with van der Waals surface area (Å²) in [4.78, 5) is 155. The van der Waals surface area contributed by atoms with Crippen LogP contribution in [0, 0.1) is 17.8 Å². The van der Waals surface area contributed by atoms with E-state index in [0.29, 0.717) is 5.56 Å². The number of carbonyl (C=O) groups is 12. The monoisotopic (exact) mass is 1060 g/mol. The first-order chi connectivity index (χ1) is 34.9. The van der Waals surface area contributed by atoms with Crippen LogP contribution in [0.4, 0.5) is 0 Å². The molecule has 0 unspecified atom stereocenters. The Morgan fingerprint density at radius 2 is 0.893 bits per heavy atom. The molecular weight excluding hydrogens is 989 g/mol. The zero-order valence-electron chi connectivity index (χ0n) is 43.3. The van der Waals surface area contributed by atoms with Crippen molar-refractivity contribution in [1.82, 2.24) is 42.5 Å². The summed E-state index contributed by atoms with van der Waals surface area (Å²) in [7, 11) is 0. The summed E-state index contributed by atoms with van der Waals surface area (Å²) in [6, 6.07) is -5.92. The maximum Gasteiger partial charge on any atom is 0.326 e. The Hall–Kier alpha value is -7.26. The quantitative estimate of drug-likeness (QED) is 0.0316. The van der Waals surface area contributed by atoms with Gasteiger partial charge < -0.3 is 79.5 Å². The van der Waals surface area contributed by atoms with Gasteiger partial charge in [0.15, 0.2) is 0 Å². The van der Waals surface area contributed by atoms with Gasteiger partial charge in [-0.15, -0.1) is 0 Å². The zero-order chi connectivity index (χ0) is 57.3. The smallest absolute Gasteiger partial charge is 0.326 e. The van der Waals surface area contributed by atoms with Crippen LogP contribution in [0.25, 0.3) is 0 Å². The molecule has 0 aliphatic heterocycles. The molecule has 27 nitrogen and oxygen atoms in total. The van der Waals surface area contributed by atoms with Gasteiger partial charge in [0.25, 0.3) is 0 Å². The lowest BCUT2D eigenvalue weighted by Gasteiger charge is -2.29. The number of hydrogen-bond acceptors (Lipinski definition) is 15. The SMILES string of the molecule is CC(C)C[C@H](NC(=O)[C@H](CCC(N)=O)NC(=O)[C@H](CC(=O)O)NC(=O)[C@H](CO)NC(=O)[C@@H](NC(=O)[C@H](CC(C)C)NC(=O)[C@H](Cc1ccccc1)NC(=O)[C@H](CC(C)C)NC(=O)[C@@H](N)CCC(=O)O)[C@@H](C)O)C(=O)O. The van der Waals surface area contributed by atoms with Crippen molar-refractivity contribution in [2.75, 3.05) is 6.61 Å². The minimum absolute atomic E-state index is 0.0308. The maximum atomic E-state index is 14.2. The number of aliphatic hydroxyl groups excluding tert-OH is 2. The van der Waals surface area contributed by atoms with Gasteiger partial charge in [-0.1, -0.05) is 71.9 Å². The van der Waals surface area contributed by atoms with Gasteiger partial charge in [-0.05, 0) is 62.3 Å². The molecule has 1 rings (SSSR count). The zero-order valence-corrected chi connectivity index (χ0v) is 43.3. The highest BCUT2D eigenvalue weighted by molar-refractivity contribution is 5.99. The number of primary amides is 1. The maximum absolute atomic E-state index is 14.2. The molecule has 1 aromatic rings. The Bertz CT molecular complexity index is 2140. The summed E-state index contributed by atoms with van der Waals surface area (Å²) < 4.78 is 0. The van der Waals surface area contributed by atoms with Gasteiger partial charge in [0.1, 0.15) is 48.3 Å². The van der Waals surface area contributed by atoms with Crippen molar-refractivity contribution in [2.24, 2.45) is 29.2 Å². The van der Waals surface area contributed by atoms with Gasteiger partial charge in [-0.3, -0.25) is 52.7 Å². The molecule has 1 aromatic carbocycles. The van der Waals surface area contributed by atoms with Gasteiger partial charge in [-0.25, -0.2) is 4.79 Å². The van der Waals surface area contributed by atoms with Crippen molar-refractivity contribution in [1.29, 1.82) is 0 Å². The molecule has 17 N–H and O–H groups in total. The lowest BCUT2D eigenvalue weighted by atomic mass is 9.99. The summed E-state index contributed by atoms with van der Waals surface area (Å²) in [6.45, 7) is 10.2. The fraction of sp³-hybridized carbons (Fsp3) is 0.625. The van der Waals surface area contributed by atoms with Crippen LogP contribution in [0.2, 0.25) is 0 Å². The van der Waals surface area contributed by atoms with E-state index in [1.165, 1.54) is 0 Å². The number of amides is 9. The Morgan fingerprint density at radius 3 is 1.37 bits per heavy atom. The van der Waals surface area contributed by atoms with E-state index in [1.54, 1.807) is 71.9 Å². The van der Waals surface area contributed by atoms with Crippen LogP contribution in [0.15, 0.2) is 30.3 Å². The molecule has 0 aliphatic rings. The lowest BCUT2D eigenvalue weighted by Crippen LogP contribution is -2.62. The molecule has 10 atom stereocenters. The molecule has 0 aromatic heterocycles. The third-order valence-electron chi connectivity index (χ3n) is 11.1. The first-order valence-corrected chi connectivity index (χ1v) is 24.4. The molecule has 0 radical (unpaired) electrons. The molecule has 420 valence electrons. The number of aliphatic carboxylic acids is 3. The third-order valence-corrected chi connectivity index (χ3v) is 11.1. The summed E-state index contributed by atoms with van der Waals surface area (Å²) in [6.07, 6.45) is -4.59. The van der Waals surface area contributed by atoms with Gasteiger partial charge in [0.05, 0.1) is 25.2 Å². The predicted molar refractivity (Wildman–Crippen MR) is 266 cm³/mol. The number of hydrogen-bond donors (Lipinski definition) is 15. The number of nitrogens with one attached hydrogen (secondary N) is 8. The van der Waals surface area contributed by atoms with Crippen LogP contribution in [-0.4, -0.2) is 164 Å². The van der Waals surface area contributed by atoms with Gasteiger partial charge in [0, 0.05) is 19.3 Å². The number of carboxylic acids is 3. The number of nitrogens with two attached hydrogens (primary N) is 2. The van der Waals surface area contributed by atoms with E-state index < -0.39 is 164 Å². The second kappa shape index (κ2) is 32.8. The molecule has 0 spiro atoms. The van der Waals surface area contributed by atoms with E-state index in [9.17, 15) is 78.0 Å². The number of aliphatic hydroxyl groups is 2. The van der Waals surface area contributed by atoms with Crippen molar-refractivity contribution in [3.63, 3.8) is 0 Å². The minimum atomic E-state index is -2.02. The Morgan fingerprint density at radius 1 is 0.480 bits per heavy atom. The van der Waals surface area contributed by atoms with E-state index in [1.807, 2.05) is 0 Å². The molecule has 0 saturated carbocycles. The van der Waals surface area contributed by atoms with Gasteiger partial charge in [-0.2, -0.15) is 0 Å². The summed E-state index contributed by atoms with van der Waals surface area (Å²) in [5.74, 6) is -14.4. The van der Waals surface area contributed by atoms with Crippen molar-refractivity contribution in [3.05, 3.63) is 35.9 Å². The van der Waals surface area contributed by atoms with E-state index in [4.69, 9.17) is 16.6 Å². The van der Waals surface area contributed by atoms with Gasteiger partial charge in [0.2, 0.25) is 53.2 Å². The molecule has 75 heavy (non-hydrogen) atoms. The lowest BCUT2D eigenvalue weighted by molar-refractivity contribution is -0.143. The minimum Gasteiger partial charge on any atom is -0.481 e. The first-order valence-electron chi connectivity index (χ1n) is 24.4. The van der Waals surface area contributed by atoms with Crippen LogP contribution in [0.1, 0.15) is 105 Å². The van der Waals surface area contributed by atoms with Crippen LogP contribution in [-0.2, 0) is 64.0 Å². The fourth-order valence-electron chi connectivity index (χ4n) is 7.26. The van der Waals surface area contributed by atoms with Crippen LogP contribution in [0.5, 0.6) is 0 Å². The van der Waals surface area contributed by atoms with E-state index >= 15 is 0 Å². The molecule has 0 saturated heterocycles. The van der Waals surface area contributed by atoms with Gasteiger partial charge >= 0.3 is 17.9 Å². The number of carboxylic acid groups (broad SMARTS) is 3. The van der Waals surface area contributed by atoms with E-state index in [-0.39, 0.29) is 49.9 Å². The summed E-state index contributed by atoms with van der Waals surface area (Å²) >= 11 is 0. The van der Waals surface area contributed by atoms with Crippen molar-refractivity contribution >= 4 is 71.1 Å². The van der Waals surface area contributed by atoms with Crippen molar-refractivity contribution < 1.29 is 83.1 Å². The topological polar surface area (TPSA) is 454 Å². The number of carbonyl (C=O) groups excluding carboxylic acids is 9. The Labute approximate surface area is 434 Å². The first kappa shape index (κ1) is 65.8. The van der Waals surface area contributed by atoms with Crippen LogP contribution < -0.4 is 54.0 Å². The largest absolute Gasteiger partial charge is 0.481 e. The molecule has 27 heteroatoms. The average molecular weight is 1070 g/mol. The second-order valence-corrected chi connectivity index (χ2v) is 19.4. The summed E-state index contributed by atoms with van der Waals surface area (Å²) in [5.41, 5.74) is 11.7. The molecule has 0 bridgehead atoms. The third kappa shape index (κ3) is 25.5. The number of rotatable bonds is 35. The van der Waals surface area contributed by atoms with Crippen molar-refractivity contribution in [3.8, 4) is 0 Å². The highest BCUT2D eigenvalue weighted by atomic mass is 16.4. The predicted octanol–water partition coefficient (Wildman–Crippen LogP) is -3.36. The molecular formula is C48H76N10O17. The molecule has 0 aliphatic carbocycles. The van der Waals surface area contributed by atoms with E-state index in [0.717, 1.165) is 6.92 Å². The van der Waals surface area contributed by atoms with Crippen LogP contribution in [0.3, 0.4) is 0 Å². The van der Waals surface area contributed by atoms with Crippen molar-refractivity contribution in [2.45, 2.75) is 167 Å². The Kier molecular flexibility index (Phi) is 28.8. The fourth-order valence-corrected chi connectivity index (χ4v) is 7.26. The molecule has 0 heterocycles. The normalized spacial score (nSPS) is 15.2. The highest BCUT2D eigenvalue weighted by Crippen LogP contribution is 2.13. The Balaban J connectivity index is 3.42. The van der Waals surface area contributed by atoms with E-state index in [2.05, 4.69) is 42.5 Å². The second-order valence-electron chi connectivity index (χ2n) is 19.4. The molecule has 9 amide bonds. The average Bonchev–Trinajstić information content (AvgIpc) is 3.30. The van der Waals surface area contributed by atoms with Crippen LogP contribution >= 0.6 is 0 Å².